The molecule has 1 saturated heterocycles. The third-order valence-electron chi connectivity index (χ3n) is 5.68. The molecule has 2 aromatic heterocycles. The monoisotopic (exact) mass is 350 g/mol. The van der Waals surface area contributed by atoms with Gasteiger partial charge in [-0.3, -0.25) is 14.3 Å². The van der Waals surface area contributed by atoms with Crippen LogP contribution in [-0.4, -0.2) is 26.2 Å². The molecule has 0 bridgehead atoms. The summed E-state index contributed by atoms with van der Waals surface area (Å²) in [5, 5.41) is 4.70. The number of likely N-dealkylation sites (tertiary alicyclic amines) is 1. The summed E-state index contributed by atoms with van der Waals surface area (Å²) >= 11 is 0. The first-order valence-corrected chi connectivity index (χ1v) is 9.35. The Morgan fingerprint density at radius 2 is 2.08 bits per heavy atom. The predicted molar refractivity (Wildman–Crippen MR) is 97.8 cm³/mol. The quantitative estimate of drug-likeness (QED) is 0.723. The number of para-hydroxylation sites is 1. The van der Waals surface area contributed by atoms with E-state index in [1.165, 1.54) is 18.4 Å². The normalized spacial score (nSPS) is 20.9. The highest BCUT2D eigenvalue weighted by atomic mass is 16.5. The van der Waals surface area contributed by atoms with Crippen molar-refractivity contribution in [2.24, 2.45) is 7.05 Å². The fourth-order valence-corrected chi connectivity index (χ4v) is 4.13. The van der Waals surface area contributed by atoms with Crippen LogP contribution in [0.15, 0.2) is 39.8 Å². The lowest BCUT2D eigenvalue weighted by Gasteiger charge is -2.25. The van der Waals surface area contributed by atoms with Gasteiger partial charge in [0.2, 0.25) is 0 Å². The molecule has 1 aliphatic heterocycles. The van der Waals surface area contributed by atoms with Crippen molar-refractivity contribution in [1.29, 1.82) is 0 Å². The molecular formula is C20H22N4O2. The standard InChI is InChI=1S/C20H22N4O2/c1-23-19(22-16-6-3-2-5-15(16)20(23)25)17-7-4-10-24(17)12-14-11-21-26-18(14)13-8-9-13/h2-3,5-6,11,13,17H,4,7-10,12H2,1H3. The van der Waals surface area contributed by atoms with Gasteiger partial charge in [0.25, 0.3) is 5.56 Å². The third kappa shape index (κ3) is 2.56. The van der Waals surface area contributed by atoms with Gasteiger partial charge in [0.05, 0.1) is 23.1 Å². The van der Waals surface area contributed by atoms with Crippen LogP contribution < -0.4 is 5.56 Å². The van der Waals surface area contributed by atoms with Crippen molar-refractivity contribution >= 4 is 10.9 Å². The minimum absolute atomic E-state index is 0.0288. The summed E-state index contributed by atoms with van der Waals surface area (Å²) in [5.74, 6) is 2.46. The van der Waals surface area contributed by atoms with Gasteiger partial charge < -0.3 is 4.52 Å². The van der Waals surface area contributed by atoms with Crippen molar-refractivity contribution < 1.29 is 4.52 Å². The molecule has 1 aromatic carbocycles. The molecule has 134 valence electrons. The van der Waals surface area contributed by atoms with Gasteiger partial charge in [-0.05, 0) is 44.4 Å². The van der Waals surface area contributed by atoms with E-state index in [-0.39, 0.29) is 11.6 Å². The van der Waals surface area contributed by atoms with Crippen LogP contribution >= 0.6 is 0 Å². The van der Waals surface area contributed by atoms with Gasteiger partial charge in [0.15, 0.2) is 0 Å². The van der Waals surface area contributed by atoms with Crippen LogP contribution in [0.2, 0.25) is 0 Å². The Bertz CT molecular complexity index is 1020. The number of rotatable bonds is 4. The minimum atomic E-state index is 0.0288. The highest BCUT2D eigenvalue weighted by molar-refractivity contribution is 5.77. The Morgan fingerprint density at radius 1 is 1.23 bits per heavy atom. The van der Waals surface area contributed by atoms with Gasteiger partial charge in [-0.1, -0.05) is 17.3 Å². The van der Waals surface area contributed by atoms with E-state index in [0.29, 0.717) is 11.3 Å². The van der Waals surface area contributed by atoms with Crippen LogP contribution in [-0.2, 0) is 13.6 Å². The lowest BCUT2D eigenvalue weighted by molar-refractivity contribution is 0.233. The second-order valence-corrected chi connectivity index (χ2v) is 7.47. The zero-order valence-corrected chi connectivity index (χ0v) is 14.9. The Balaban J connectivity index is 1.51. The predicted octanol–water partition coefficient (Wildman–Crippen LogP) is 3.14. The Hall–Kier alpha value is -2.47. The van der Waals surface area contributed by atoms with Crippen LogP contribution in [0.5, 0.6) is 0 Å². The summed E-state index contributed by atoms with van der Waals surface area (Å²) in [6.07, 6.45) is 6.38. The number of hydrogen-bond acceptors (Lipinski definition) is 5. The van der Waals surface area contributed by atoms with E-state index in [2.05, 4.69) is 10.1 Å². The molecule has 3 heterocycles. The van der Waals surface area contributed by atoms with Crippen LogP contribution in [0.25, 0.3) is 10.9 Å². The molecule has 5 rings (SSSR count). The van der Waals surface area contributed by atoms with E-state index in [1.807, 2.05) is 37.5 Å². The van der Waals surface area contributed by atoms with Crippen LogP contribution in [0.3, 0.4) is 0 Å². The zero-order valence-electron chi connectivity index (χ0n) is 14.9. The molecule has 26 heavy (non-hydrogen) atoms. The number of aromatic nitrogens is 3. The lowest BCUT2D eigenvalue weighted by Crippen LogP contribution is -2.30. The lowest BCUT2D eigenvalue weighted by atomic mass is 10.1. The van der Waals surface area contributed by atoms with Crippen molar-refractivity contribution in [3.8, 4) is 0 Å². The summed E-state index contributed by atoms with van der Waals surface area (Å²) in [7, 11) is 1.84. The first-order chi connectivity index (χ1) is 12.7. The highest BCUT2D eigenvalue weighted by Crippen LogP contribution is 2.42. The number of benzene rings is 1. The highest BCUT2D eigenvalue weighted by Gasteiger charge is 2.34. The van der Waals surface area contributed by atoms with Gasteiger partial charge in [0, 0.05) is 25.1 Å². The minimum Gasteiger partial charge on any atom is -0.361 e. The van der Waals surface area contributed by atoms with E-state index in [4.69, 9.17) is 9.51 Å². The van der Waals surface area contributed by atoms with Gasteiger partial charge >= 0.3 is 0 Å². The topological polar surface area (TPSA) is 64.2 Å². The average molecular weight is 350 g/mol. The molecule has 6 heteroatoms. The molecule has 6 nitrogen and oxygen atoms in total. The summed E-state index contributed by atoms with van der Waals surface area (Å²) < 4.78 is 7.22. The Kier molecular flexibility index (Phi) is 3.67. The van der Waals surface area contributed by atoms with E-state index < -0.39 is 0 Å². The maximum Gasteiger partial charge on any atom is 0.261 e. The van der Waals surface area contributed by atoms with Crippen LogP contribution in [0.4, 0.5) is 0 Å². The molecule has 2 fully saturated rings. The smallest absolute Gasteiger partial charge is 0.261 e. The molecule has 1 atom stereocenters. The number of fused-ring (bicyclic) bond motifs is 1. The first kappa shape index (κ1) is 15.8. The van der Waals surface area contributed by atoms with Crippen LogP contribution in [0, 0.1) is 0 Å². The van der Waals surface area contributed by atoms with Crippen LogP contribution in [0.1, 0.15) is 54.8 Å². The maximum absolute atomic E-state index is 12.8. The van der Waals surface area contributed by atoms with E-state index in [0.717, 1.165) is 43.0 Å². The molecule has 1 unspecified atom stereocenters. The first-order valence-electron chi connectivity index (χ1n) is 9.35. The molecule has 0 radical (unpaired) electrons. The average Bonchev–Trinajstić information content (AvgIpc) is 3.22. The van der Waals surface area contributed by atoms with Gasteiger partial charge in [0.1, 0.15) is 11.6 Å². The second-order valence-electron chi connectivity index (χ2n) is 7.47. The molecule has 0 N–H and O–H groups in total. The second kappa shape index (κ2) is 6.06. The van der Waals surface area contributed by atoms with E-state index >= 15 is 0 Å². The molecule has 1 saturated carbocycles. The van der Waals surface area contributed by atoms with Crippen molar-refractivity contribution in [1.82, 2.24) is 19.6 Å². The molecular weight excluding hydrogens is 328 g/mol. The van der Waals surface area contributed by atoms with Gasteiger partial charge in [-0.2, -0.15) is 0 Å². The van der Waals surface area contributed by atoms with Crippen molar-refractivity contribution in [3.63, 3.8) is 0 Å². The van der Waals surface area contributed by atoms with E-state index in [9.17, 15) is 4.79 Å². The molecule has 2 aliphatic rings. The Labute approximate surface area is 151 Å². The van der Waals surface area contributed by atoms with Gasteiger partial charge in [-0.15, -0.1) is 0 Å². The Morgan fingerprint density at radius 3 is 2.92 bits per heavy atom. The third-order valence-corrected chi connectivity index (χ3v) is 5.68. The zero-order chi connectivity index (χ0) is 17.7. The fourth-order valence-electron chi connectivity index (χ4n) is 4.13. The molecule has 1 aliphatic carbocycles. The largest absolute Gasteiger partial charge is 0.361 e. The maximum atomic E-state index is 12.8. The van der Waals surface area contributed by atoms with Crippen molar-refractivity contribution in [2.45, 2.75) is 44.2 Å². The molecule has 0 amide bonds. The number of hydrogen-bond donors (Lipinski definition) is 0. The summed E-state index contributed by atoms with van der Waals surface area (Å²) in [6.45, 7) is 1.81. The van der Waals surface area contributed by atoms with E-state index in [1.54, 1.807) is 4.57 Å². The molecule has 0 spiro atoms. The summed E-state index contributed by atoms with van der Waals surface area (Å²) in [4.78, 5) is 20.0. The van der Waals surface area contributed by atoms with Crippen molar-refractivity contribution in [3.05, 3.63) is 58.0 Å². The molecule has 3 aromatic rings. The fraction of sp³-hybridized carbons (Fsp3) is 0.450. The SMILES string of the molecule is Cn1c(C2CCCN2Cc2cnoc2C2CC2)nc2ccccc2c1=O. The number of nitrogens with zero attached hydrogens (tertiary/aromatic N) is 4. The summed E-state index contributed by atoms with van der Waals surface area (Å²) in [6, 6.07) is 7.74. The van der Waals surface area contributed by atoms with Gasteiger partial charge in [-0.25, -0.2) is 4.98 Å². The summed E-state index contributed by atoms with van der Waals surface area (Å²) in [5.41, 5.74) is 1.99. The van der Waals surface area contributed by atoms with Crippen molar-refractivity contribution in [2.75, 3.05) is 6.54 Å².